The summed E-state index contributed by atoms with van der Waals surface area (Å²) in [5, 5.41) is 0.956. The molecule has 0 spiro atoms. The Kier molecular flexibility index (Phi) is 7.05. The van der Waals surface area contributed by atoms with Gasteiger partial charge < -0.3 is 4.74 Å². The van der Waals surface area contributed by atoms with Crippen LogP contribution in [0.4, 0.5) is 4.79 Å². The number of nitrogens with zero attached hydrogens (tertiary/aromatic N) is 1. The van der Waals surface area contributed by atoms with Crippen LogP contribution < -0.4 is 4.74 Å². The van der Waals surface area contributed by atoms with Gasteiger partial charge in [-0.1, -0.05) is 58.4 Å². The first-order chi connectivity index (χ1) is 13.8. The first-order valence-corrected chi connectivity index (χ1v) is 10.4. The monoisotopic (exact) mass is 485 g/mol. The lowest BCUT2D eigenvalue weighted by Crippen LogP contribution is -2.28. The highest BCUT2D eigenvalue weighted by Crippen LogP contribution is 2.38. The van der Waals surface area contributed by atoms with Gasteiger partial charge in [0.25, 0.3) is 11.1 Å². The maximum Gasteiger partial charge on any atom is 0.294 e. The van der Waals surface area contributed by atoms with Crippen LogP contribution in [-0.2, 0) is 11.4 Å². The molecule has 0 radical (unpaired) electrons. The number of ether oxygens (including phenoxy) is 1. The molecule has 148 valence electrons. The molecule has 1 fully saturated rings. The van der Waals surface area contributed by atoms with E-state index in [2.05, 4.69) is 5.92 Å². The lowest BCUT2D eigenvalue weighted by atomic mass is 10.2. The van der Waals surface area contributed by atoms with Crippen LogP contribution in [0.15, 0.2) is 35.2 Å². The highest BCUT2D eigenvalue weighted by Gasteiger charge is 2.34. The van der Waals surface area contributed by atoms with Crippen molar-refractivity contribution in [3.63, 3.8) is 0 Å². The summed E-state index contributed by atoms with van der Waals surface area (Å²) >= 11 is 25.3. The molecular formula is C20H11Cl4NO3S. The molecule has 1 saturated heterocycles. The first kappa shape index (κ1) is 21.9. The third kappa shape index (κ3) is 5.03. The number of terminal acetylenes is 1. The van der Waals surface area contributed by atoms with Crippen molar-refractivity contribution in [2.24, 2.45) is 0 Å². The molecule has 9 heteroatoms. The molecule has 2 amide bonds. The molecule has 0 aliphatic carbocycles. The van der Waals surface area contributed by atoms with Gasteiger partial charge in [0.2, 0.25) is 0 Å². The Labute approximate surface area is 191 Å². The summed E-state index contributed by atoms with van der Waals surface area (Å²) in [4.78, 5) is 25.4. The van der Waals surface area contributed by atoms with Gasteiger partial charge in [-0.05, 0) is 53.2 Å². The molecule has 0 aromatic heterocycles. The average Bonchev–Trinajstić information content (AvgIpc) is 2.91. The standard InChI is InChI=1S/C20H11Cl4NO3S/c1-2-5-25-19(26)17(29-20(25)27)9-12-7-15(23)18(16(24)8-12)28-10-11-3-4-13(21)14(22)6-11/h1,3-4,6-9H,5,10H2/b17-9+. The van der Waals surface area contributed by atoms with Crippen LogP contribution in [0.1, 0.15) is 11.1 Å². The van der Waals surface area contributed by atoms with E-state index in [9.17, 15) is 9.59 Å². The van der Waals surface area contributed by atoms with Gasteiger partial charge >= 0.3 is 0 Å². The number of benzene rings is 2. The zero-order valence-corrected chi connectivity index (χ0v) is 18.4. The first-order valence-electron chi connectivity index (χ1n) is 8.04. The number of hydrogen-bond donors (Lipinski definition) is 0. The predicted molar refractivity (Wildman–Crippen MR) is 119 cm³/mol. The van der Waals surface area contributed by atoms with Gasteiger partial charge in [0.1, 0.15) is 6.61 Å². The molecule has 1 heterocycles. The molecule has 0 N–H and O–H groups in total. The highest BCUT2D eigenvalue weighted by molar-refractivity contribution is 8.18. The summed E-state index contributed by atoms with van der Waals surface area (Å²) in [7, 11) is 0. The van der Waals surface area contributed by atoms with E-state index in [-0.39, 0.29) is 33.9 Å². The summed E-state index contributed by atoms with van der Waals surface area (Å²) in [6.07, 6.45) is 6.72. The topological polar surface area (TPSA) is 46.6 Å². The fourth-order valence-corrected chi connectivity index (χ4v) is 4.24. The van der Waals surface area contributed by atoms with Gasteiger partial charge in [-0.25, -0.2) is 0 Å². The van der Waals surface area contributed by atoms with Crippen molar-refractivity contribution in [3.05, 3.63) is 66.5 Å². The fraction of sp³-hybridized carbons (Fsp3) is 0.100. The molecule has 4 nitrogen and oxygen atoms in total. The summed E-state index contributed by atoms with van der Waals surface area (Å²) in [6.45, 7) is 0.103. The largest absolute Gasteiger partial charge is 0.486 e. The Morgan fingerprint density at radius 3 is 2.34 bits per heavy atom. The molecule has 0 saturated carbocycles. The molecule has 1 aliphatic heterocycles. The van der Waals surface area contributed by atoms with Crippen molar-refractivity contribution >= 4 is 75.4 Å². The van der Waals surface area contributed by atoms with Crippen LogP contribution in [0.3, 0.4) is 0 Å². The van der Waals surface area contributed by atoms with Crippen molar-refractivity contribution in [2.45, 2.75) is 6.61 Å². The number of halogens is 4. The van der Waals surface area contributed by atoms with E-state index < -0.39 is 11.1 Å². The maximum atomic E-state index is 12.3. The van der Waals surface area contributed by atoms with Gasteiger partial charge in [-0.15, -0.1) is 6.42 Å². The predicted octanol–water partition coefficient (Wildman–Crippen LogP) is 6.55. The number of hydrogen-bond acceptors (Lipinski definition) is 4. The Bertz CT molecular complexity index is 1050. The van der Waals surface area contributed by atoms with Crippen molar-refractivity contribution in [2.75, 3.05) is 6.54 Å². The number of imide groups is 1. The number of amides is 2. The third-order valence-corrected chi connectivity index (χ3v) is 6.02. The number of rotatable bonds is 5. The molecule has 2 aromatic rings. The maximum absolute atomic E-state index is 12.3. The Morgan fingerprint density at radius 2 is 1.72 bits per heavy atom. The van der Waals surface area contributed by atoms with E-state index in [0.29, 0.717) is 15.6 Å². The van der Waals surface area contributed by atoms with Gasteiger partial charge in [-0.2, -0.15) is 0 Å². The molecule has 3 rings (SSSR count). The Balaban J connectivity index is 1.79. The second kappa shape index (κ2) is 9.34. The van der Waals surface area contributed by atoms with E-state index >= 15 is 0 Å². The van der Waals surface area contributed by atoms with Crippen molar-refractivity contribution in [1.82, 2.24) is 4.90 Å². The SMILES string of the molecule is C#CCN1C(=O)S/C(=C/c2cc(Cl)c(OCc3ccc(Cl)c(Cl)c3)c(Cl)c2)C1=O. The second-order valence-electron chi connectivity index (χ2n) is 5.82. The number of carbonyl (C=O) groups excluding carboxylic acids is 2. The molecule has 29 heavy (non-hydrogen) atoms. The van der Waals surface area contributed by atoms with Gasteiger partial charge in [-0.3, -0.25) is 14.5 Å². The Hall–Kier alpha value is -1.81. The fourth-order valence-electron chi connectivity index (χ4n) is 2.46. The molecular weight excluding hydrogens is 476 g/mol. The number of carbonyl (C=O) groups is 2. The molecule has 1 aliphatic rings. The van der Waals surface area contributed by atoms with Crippen molar-refractivity contribution < 1.29 is 14.3 Å². The van der Waals surface area contributed by atoms with E-state index in [4.69, 9.17) is 57.6 Å². The minimum absolute atomic E-state index is 0.0784. The van der Waals surface area contributed by atoms with Crippen LogP contribution in [0, 0.1) is 12.3 Å². The molecule has 0 atom stereocenters. The number of thioether (sulfide) groups is 1. The van der Waals surface area contributed by atoms with E-state index in [0.717, 1.165) is 22.2 Å². The van der Waals surface area contributed by atoms with Gasteiger partial charge in [0.05, 0.1) is 31.5 Å². The second-order valence-corrected chi connectivity index (χ2v) is 8.44. The molecule has 2 aromatic carbocycles. The third-order valence-electron chi connectivity index (χ3n) is 3.81. The lowest BCUT2D eigenvalue weighted by Gasteiger charge is -2.12. The van der Waals surface area contributed by atoms with E-state index in [1.807, 2.05) is 0 Å². The van der Waals surface area contributed by atoms with Crippen molar-refractivity contribution in [3.8, 4) is 18.1 Å². The summed E-state index contributed by atoms with van der Waals surface area (Å²) in [5.41, 5.74) is 1.34. The Morgan fingerprint density at radius 1 is 1.03 bits per heavy atom. The van der Waals surface area contributed by atoms with Crippen LogP contribution in [0.2, 0.25) is 20.1 Å². The van der Waals surface area contributed by atoms with Crippen LogP contribution in [0.5, 0.6) is 5.75 Å². The summed E-state index contributed by atoms with van der Waals surface area (Å²) in [5.74, 6) is 2.12. The quantitative estimate of drug-likeness (QED) is 0.355. The highest BCUT2D eigenvalue weighted by atomic mass is 35.5. The zero-order chi connectivity index (χ0) is 21.1. The van der Waals surface area contributed by atoms with E-state index in [1.54, 1.807) is 30.3 Å². The lowest BCUT2D eigenvalue weighted by molar-refractivity contribution is -0.122. The van der Waals surface area contributed by atoms with E-state index in [1.165, 1.54) is 6.08 Å². The van der Waals surface area contributed by atoms with Crippen LogP contribution in [0.25, 0.3) is 6.08 Å². The van der Waals surface area contributed by atoms with Crippen LogP contribution in [-0.4, -0.2) is 22.6 Å². The summed E-state index contributed by atoms with van der Waals surface area (Å²) < 4.78 is 5.72. The smallest absolute Gasteiger partial charge is 0.294 e. The average molecular weight is 487 g/mol. The minimum atomic E-state index is -0.454. The summed E-state index contributed by atoms with van der Waals surface area (Å²) in [6, 6.07) is 8.31. The van der Waals surface area contributed by atoms with Gasteiger partial charge in [0.15, 0.2) is 5.75 Å². The zero-order valence-electron chi connectivity index (χ0n) is 14.5. The molecule has 0 bridgehead atoms. The minimum Gasteiger partial charge on any atom is -0.486 e. The van der Waals surface area contributed by atoms with Crippen molar-refractivity contribution in [1.29, 1.82) is 0 Å². The molecule has 0 unspecified atom stereocenters. The van der Waals surface area contributed by atoms with Crippen LogP contribution >= 0.6 is 58.2 Å². The normalized spacial score (nSPS) is 15.1. The van der Waals surface area contributed by atoms with Gasteiger partial charge in [0, 0.05) is 0 Å².